The predicted molar refractivity (Wildman–Crippen MR) is 57.3 cm³/mol. The van der Waals surface area contributed by atoms with Crippen molar-refractivity contribution in [3.05, 3.63) is 47.3 Å². The van der Waals surface area contributed by atoms with Gasteiger partial charge in [0.05, 0.1) is 0 Å². The molecular weight excluding hydrogens is 191 g/mol. The third-order valence-corrected chi connectivity index (χ3v) is 2.71. The Labute approximate surface area is 88.6 Å². The van der Waals surface area contributed by atoms with Gasteiger partial charge in [0.2, 0.25) is 0 Å². The van der Waals surface area contributed by atoms with Crippen molar-refractivity contribution in [2.75, 3.05) is 0 Å². The van der Waals surface area contributed by atoms with E-state index in [-0.39, 0.29) is 11.6 Å². The van der Waals surface area contributed by atoms with Crippen LogP contribution in [0.25, 0.3) is 0 Å². The number of allylic oxidation sites excluding steroid dienone is 2. The van der Waals surface area contributed by atoms with Gasteiger partial charge >= 0.3 is 0 Å². The Morgan fingerprint density at radius 2 is 1.73 bits per heavy atom. The van der Waals surface area contributed by atoms with Crippen LogP contribution in [0.5, 0.6) is 0 Å². The highest BCUT2D eigenvalue weighted by molar-refractivity contribution is 6.04. The molecule has 0 heterocycles. The molecule has 1 fully saturated rings. The highest BCUT2D eigenvalue weighted by Gasteiger charge is 2.09. The van der Waals surface area contributed by atoms with Crippen LogP contribution in [-0.2, 0) is 0 Å². The molecule has 2 heteroatoms. The van der Waals surface area contributed by atoms with Gasteiger partial charge in [-0.1, -0.05) is 5.57 Å². The van der Waals surface area contributed by atoms with Gasteiger partial charge in [-0.15, -0.1) is 0 Å². The van der Waals surface area contributed by atoms with E-state index in [0.29, 0.717) is 5.56 Å². The Bertz CT molecular complexity index is 382. The van der Waals surface area contributed by atoms with Gasteiger partial charge in [0.25, 0.3) is 0 Å². The molecule has 1 aliphatic rings. The topological polar surface area (TPSA) is 17.1 Å². The largest absolute Gasteiger partial charge is 0.289 e. The number of ketones is 1. The van der Waals surface area contributed by atoms with Gasteiger partial charge in [-0.2, -0.15) is 0 Å². The third-order valence-electron chi connectivity index (χ3n) is 2.71. The van der Waals surface area contributed by atoms with Crippen LogP contribution in [0.4, 0.5) is 4.39 Å². The van der Waals surface area contributed by atoms with Crippen molar-refractivity contribution in [3.63, 3.8) is 0 Å². The second-order valence-electron chi connectivity index (χ2n) is 3.88. The van der Waals surface area contributed by atoms with Gasteiger partial charge in [-0.05, 0) is 56.0 Å². The molecule has 1 aromatic rings. The Morgan fingerprint density at radius 1 is 1.13 bits per heavy atom. The van der Waals surface area contributed by atoms with Crippen LogP contribution in [0.3, 0.4) is 0 Å². The Hall–Kier alpha value is -1.44. The smallest absolute Gasteiger partial charge is 0.185 e. The first-order valence-corrected chi connectivity index (χ1v) is 5.25. The molecule has 0 spiro atoms. The first kappa shape index (κ1) is 10.1. The van der Waals surface area contributed by atoms with E-state index in [1.165, 1.54) is 42.7 Å². The number of carbonyl (C=O) groups is 1. The number of hydrogen-bond acceptors (Lipinski definition) is 1. The molecule has 0 amide bonds. The molecule has 0 aliphatic heterocycles. The van der Waals surface area contributed by atoms with Crippen LogP contribution >= 0.6 is 0 Å². The molecule has 15 heavy (non-hydrogen) atoms. The van der Waals surface area contributed by atoms with E-state index < -0.39 is 0 Å². The highest BCUT2D eigenvalue weighted by Crippen LogP contribution is 2.24. The summed E-state index contributed by atoms with van der Waals surface area (Å²) in [6.07, 6.45) is 6.14. The summed E-state index contributed by atoms with van der Waals surface area (Å²) < 4.78 is 12.6. The van der Waals surface area contributed by atoms with Gasteiger partial charge in [0.1, 0.15) is 5.82 Å². The molecule has 0 unspecified atom stereocenters. The second kappa shape index (κ2) is 4.39. The molecule has 0 atom stereocenters. The number of rotatable bonds is 2. The number of carbonyl (C=O) groups excluding carboxylic acids is 1. The average molecular weight is 204 g/mol. The molecule has 1 nitrogen and oxygen atoms in total. The van der Waals surface area contributed by atoms with Gasteiger partial charge in [0.15, 0.2) is 5.78 Å². The van der Waals surface area contributed by atoms with Crippen molar-refractivity contribution in [1.82, 2.24) is 0 Å². The predicted octanol–water partition coefficient (Wildman–Crippen LogP) is 3.51. The molecule has 1 aliphatic carbocycles. The standard InChI is InChI=1S/C13H13FO/c14-12-7-5-11(6-8-12)13(15)9-10-3-1-2-4-10/h5-9H,1-4H2. The summed E-state index contributed by atoms with van der Waals surface area (Å²) >= 11 is 0. The summed E-state index contributed by atoms with van der Waals surface area (Å²) in [7, 11) is 0. The van der Waals surface area contributed by atoms with E-state index in [1.54, 1.807) is 6.08 Å². The number of benzene rings is 1. The monoisotopic (exact) mass is 204 g/mol. The summed E-state index contributed by atoms with van der Waals surface area (Å²) in [6, 6.07) is 5.70. The fourth-order valence-electron chi connectivity index (χ4n) is 1.86. The summed E-state index contributed by atoms with van der Waals surface area (Å²) in [5.41, 5.74) is 1.79. The van der Waals surface area contributed by atoms with Gasteiger partial charge in [-0.25, -0.2) is 4.39 Å². The quantitative estimate of drug-likeness (QED) is 0.532. The molecule has 0 radical (unpaired) electrons. The minimum Gasteiger partial charge on any atom is -0.289 e. The Kier molecular flexibility index (Phi) is 2.95. The zero-order chi connectivity index (χ0) is 10.7. The van der Waals surface area contributed by atoms with E-state index in [4.69, 9.17) is 0 Å². The zero-order valence-electron chi connectivity index (χ0n) is 8.50. The van der Waals surface area contributed by atoms with Crippen molar-refractivity contribution in [1.29, 1.82) is 0 Å². The molecule has 0 aromatic heterocycles. The lowest BCUT2D eigenvalue weighted by Gasteiger charge is -1.97. The van der Waals surface area contributed by atoms with Crippen molar-refractivity contribution in [2.45, 2.75) is 25.7 Å². The van der Waals surface area contributed by atoms with Crippen LogP contribution in [0, 0.1) is 5.82 Å². The average Bonchev–Trinajstić information content (AvgIpc) is 2.71. The molecule has 78 valence electrons. The Morgan fingerprint density at radius 3 is 2.33 bits per heavy atom. The zero-order valence-corrected chi connectivity index (χ0v) is 8.50. The summed E-state index contributed by atoms with van der Waals surface area (Å²) in [4.78, 5) is 11.7. The third kappa shape index (κ3) is 2.52. The molecule has 0 saturated heterocycles. The first-order chi connectivity index (χ1) is 7.25. The van der Waals surface area contributed by atoms with Crippen molar-refractivity contribution >= 4 is 5.78 Å². The van der Waals surface area contributed by atoms with Gasteiger partial charge in [0, 0.05) is 5.56 Å². The maximum Gasteiger partial charge on any atom is 0.185 e. The van der Waals surface area contributed by atoms with Crippen LogP contribution in [-0.4, -0.2) is 5.78 Å². The molecule has 0 N–H and O–H groups in total. The van der Waals surface area contributed by atoms with E-state index in [1.807, 2.05) is 0 Å². The molecule has 2 rings (SSSR count). The highest BCUT2D eigenvalue weighted by atomic mass is 19.1. The SMILES string of the molecule is O=C(C=C1CCCC1)c1ccc(F)cc1. The van der Waals surface area contributed by atoms with Crippen molar-refractivity contribution in [3.8, 4) is 0 Å². The van der Waals surface area contributed by atoms with E-state index in [9.17, 15) is 9.18 Å². The van der Waals surface area contributed by atoms with Crippen molar-refractivity contribution < 1.29 is 9.18 Å². The van der Waals surface area contributed by atoms with E-state index >= 15 is 0 Å². The Balaban J connectivity index is 2.14. The lowest BCUT2D eigenvalue weighted by atomic mass is 10.1. The van der Waals surface area contributed by atoms with E-state index in [0.717, 1.165) is 12.8 Å². The summed E-state index contributed by atoms with van der Waals surface area (Å²) in [6.45, 7) is 0. The summed E-state index contributed by atoms with van der Waals surface area (Å²) in [5.74, 6) is -0.313. The van der Waals surface area contributed by atoms with Crippen LogP contribution in [0.1, 0.15) is 36.0 Å². The first-order valence-electron chi connectivity index (χ1n) is 5.25. The van der Waals surface area contributed by atoms with Crippen LogP contribution in [0.15, 0.2) is 35.9 Å². The van der Waals surface area contributed by atoms with Gasteiger partial charge < -0.3 is 0 Å². The van der Waals surface area contributed by atoms with E-state index in [2.05, 4.69) is 0 Å². The maximum atomic E-state index is 12.6. The lowest BCUT2D eigenvalue weighted by Crippen LogP contribution is -1.95. The lowest BCUT2D eigenvalue weighted by molar-refractivity contribution is 0.104. The summed E-state index contributed by atoms with van der Waals surface area (Å²) in [5, 5.41) is 0. The maximum absolute atomic E-state index is 12.6. The number of hydrogen-bond donors (Lipinski definition) is 0. The second-order valence-corrected chi connectivity index (χ2v) is 3.88. The van der Waals surface area contributed by atoms with Crippen LogP contribution in [0.2, 0.25) is 0 Å². The van der Waals surface area contributed by atoms with Gasteiger partial charge in [-0.3, -0.25) is 4.79 Å². The van der Waals surface area contributed by atoms with Crippen molar-refractivity contribution in [2.24, 2.45) is 0 Å². The minimum absolute atomic E-state index is 0.00750. The number of halogens is 1. The molecule has 1 saturated carbocycles. The van der Waals surface area contributed by atoms with Crippen LogP contribution < -0.4 is 0 Å². The molecular formula is C13H13FO. The minimum atomic E-state index is -0.305. The fourth-order valence-corrected chi connectivity index (χ4v) is 1.86. The molecule has 0 bridgehead atoms. The fraction of sp³-hybridized carbons (Fsp3) is 0.308. The normalized spacial score (nSPS) is 15.4. The molecule has 1 aromatic carbocycles.